The number of benzene rings is 5. The van der Waals surface area contributed by atoms with Crippen LogP contribution in [-0.2, 0) is 10.9 Å². The first-order valence-electron chi connectivity index (χ1n) is 11.1. The van der Waals surface area contributed by atoms with Gasteiger partial charge in [-0.3, -0.25) is 0 Å². The van der Waals surface area contributed by atoms with Crippen molar-refractivity contribution in [1.82, 2.24) is 0 Å². The lowest BCUT2D eigenvalue weighted by Crippen LogP contribution is -2.17. The molecule has 4 heteroatoms. The molecule has 35 heavy (non-hydrogen) atoms. The zero-order valence-corrected chi connectivity index (χ0v) is 19.8. The van der Waals surface area contributed by atoms with Crippen LogP contribution in [0.2, 0.25) is 0 Å². The third-order valence-electron chi connectivity index (χ3n) is 5.37. The summed E-state index contributed by atoms with van der Waals surface area (Å²) in [5.41, 5.74) is 5.00. The van der Waals surface area contributed by atoms with Gasteiger partial charge in [-0.05, 0) is 82.9 Å². The smallest absolute Gasteiger partial charge is 0.249 e. The second-order valence-electron chi connectivity index (χ2n) is 7.67. The molecular formula is C31H24O3S. The summed E-state index contributed by atoms with van der Waals surface area (Å²) in [6.45, 7) is 0. The summed E-state index contributed by atoms with van der Waals surface area (Å²) in [5.74, 6) is 0. The van der Waals surface area contributed by atoms with Gasteiger partial charge < -0.3 is 15.0 Å². The topological polar surface area (TPSA) is 60.4 Å². The van der Waals surface area contributed by atoms with E-state index in [2.05, 4.69) is 140 Å². The highest BCUT2D eigenvalue weighted by molar-refractivity contribution is 7.97. The van der Waals surface area contributed by atoms with Gasteiger partial charge in [0.2, 0.25) is 6.16 Å². The largest absolute Gasteiger partial charge is 0.565 e. The molecule has 0 aromatic heterocycles. The molecule has 0 fully saturated rings. The molecule has 1 N–H and O–H groups in total. The lowest BCUT2D eigenvalue weighted by atomic mass is 10.1. The van der Waals surface area contributed by atoms with Gasteiger partial charge in [0.05, 0.1) is 10.9 Å². The predicted molar refractivity (Wildman–Crippen MR) is 140 cm³/mol. The van der Waals surface area contributed by atoms with E-state index in [0.717, 1.165) is 0 Å². The van der Waals surface area contributed by atoms with Gasteiger partial charge in [-0.15, -0.1) is 0 Å². The van der Waals surface area contributed by atoms with Crippen LogP contribution >= 0.6 is 0 Å². The van der Waals surface area contributed by atoms with Crippen LogP contribution in [0.15, 0.2) is 154 Å². The number of hydrogen-bond donors (Lipinski definition) is 1. The van der Waals surface area contributed by atoms with E-state index < -0.39 is 6.16 Å². The van der Waals surface area contributed by atoms with E-state index in [-0.39, 0.29) is 10.9 Å². The lowest BCUT2D eigenvalue weighted by molar-refractivity contribution is -0.275. The van der Waals surface area contributed by atoms with Gasteiger partial charge in [-0.1, -0.05) is 78.9 Å². The van der Waals surface area contributed by atoms with Crippen LogP contribution < -0.4 is 5.11 Å². The van der Waals surface area contributed by atoms with Gasteiger partial charge in [0.1, 0.15) is 0 Å². The third kappa shape index (κ3) is 6.40. The fraction of sp³-hybridized carbons (Fsp3) is 0. The summed E-state index contributed by atoms with van der Waals surface area (Å²) < 4.78 is 0. The first-order valence-corrected chi connectivity index (χ1v) is 12.3. The predicted octanol–water partition coefficient (Wildman–Crippen LogP) is 7.00. The van der Waals surface area contributed by atoms with Gasteiger partial charge in [-0.2, -0.15) is 0 Å². The fourth-order valence-electron chi connectivity index (χ4n) is 3.79. The Morgan fingerprint density at radius 1 is 0.457 bits per heavy atom. The first-order chi connectivity index (χ1) is 17.1. The monoisotopic (exact) mass is 476 g/mol. The average molecular weight is 477 g/mol. The molecule has 0 saturated carbocycles. The molecule has 0 aliphatic carbocycles. The summed E-state index contributed by atoms with van der Waals surface area (Å²) in [6, 6.07) is 50.0. The summed E-state index contributed by atoms with van der Waals surface area (Å²) in [5, 5.41) is 15.3. The Balaban J connectivity index is 0.000000672. The number of hydrogen-bond acceptors (Lipinski definition) is 2. The second kappa shape index (κ2) is 11.7. The standard InChI is InChI=1S/C30H23S.CH2O3/c1-4-10-24(11-5-1)26-16-20-29(21-17-26)31(28-14-8-3-9-15-28)30-22-18-27(19-23-30)25-12-6-2-7-13-25;2-1(3)4/h1-23H;(H2,2,3,4)/q+1;/p-1. The minimum atomic E-state index is -2.08. The van der Waals surface area contributed by atoms with Gasteiger partial charge in [0.25, 0.3) is 0 Å². The van der Waals surface area contributed by atoms with Gasteiger partial charge in [0.15, 0.2) is 14.7 Å². The first kappa shape index (κ1) is 23.9. The summed E-state index contributed by atoms with van der Waals surface area (Å²) in [6.07, 6.45) is -2.08. The van der Waals surface area contributed by atoms with Crippen LogP contribution in [-0.4, -0.2) is 11.3 Å². The number of carboxylic acid groups (broad SMARTS) is 2. The van der Waals surface area contributed by atoms with E-state index in [1.54, 1.807) is 0 Å². The van der Waals surface area contributed by atoms with E-state index in [4.69, 9.17) is 15.0 Å². The Labute approximate surface area is 208 Å². The minimum Gasteiger partial charge on any atom is -0.565 e. The molecule has 0 bridgehead atoms. The molecule has 0 aliphatic heterocycles. The minimum absolute atomic E-state index is 0.144. The van der Waals surface area contributed by atoms with Crippen LogP contribution in [0.25, 0.3) is 22.3 Å². The van der Waals surface area contributed by atoms with Gasteiger partial charge in [0, 0.05) is 0 Å². The van der Waals surface area contributed by atoms with Crippen molar-refractivity contribution in [3.63, 3.8) is 0 Å². The van der Waals surface area contributed by atoms with Crippen molar-refractivity contribution >= 4 is 17.1 Å². The number of rotatable bonds is 5. The molecule has 0 radical (unpaired) electrons. The number of carbonyl (C=O) groups is 1. The van der Waals surface area contributed by atoms with Gasteiger partial charge >= 0.3 is 0 Å². The molecule has 0 heterocycles. The maximum absolute atomic E-state index is 8.44. The van der Waals surface area contributed by atoms with Crippen molar-refractivity contribution in [3.05, 3.63) is 140 Å². The summed E-state index contributed by atoms with van der Waals surface area (Å²) in [7, 11) is -0.144. The molecule has 0 saturated heterocycles. The van der Waals surface area contributed by atoms with E-state index in [0.29, 0.717) is 0 Å². The van der Waals surface area contributed by atoms with Crippen LogP contribution in [0.5, 0.6) is 0 Å². The highest BCUT2D eigenvalue weighted by Crippen LogP contribution is 2.33. The molecular weight excluding hydrogens is 452 g/mol. The van der Waals surface area contributed by atoms with Crippen molar-refractivity contribution in [1.29, 1.82) is 0 Å². The van der Waals surface area contributed by atoms with Crippen molar-refractivity contribution in [2.75, 3.05) is 0 Å². The van der Waals surface area contributed by atoms with Crippen molar-refractivity contribution in [2.24, 2.45) is 0 Å². The van der Waals surface area contributed by atoms with Crippen molar-refractivity contribution in [3.8, 4) is 22.3 Å². The van der Waals surface area contributed by atoms with Crippen LogP contribution in [0.3, 0.4) is 0 Å². The summed E-state index contributed by atoms with van der Waals surface area (Å²) in [4.78, 5) is 12.4. The van der Waals surface area contributed by atoms with Crippen LogP contribution in [0.1, 0.15) is 0 Å². The Morgan fingerprint density at radius 3 is 1.06 bits per heavy atom. The van der Waals surface area contributed by atoms with Crippen LogP contribution in [0, 0.1) is 0 Å². The van der Waals surface area contributed by atoms with E-state index in [1.807, 2.05) is 0 Å². The molecule has 172 valence electrons. The Morgan fingerprint density at radius 2 is 0.714 bits per heavy atom. The molecule has 5 aromatic rings. The van der Waals surface area contributed by atoms with E-state index in [1.165, 1.54) is 36.9 Å². The van der Waals surface area contributed by atoms with E-state index >= 15 is 0 Å². The summed E-state index contributed by atoms with van der Waals surface area (Å²) >= 11 is 0. The molecule has 0 spiro atoms. The molecule has 0 unspecified atom stereocenters. The zero-order chi connectivity index (χ0) is 24.5. The average Bonchev–Trinajstić information content (AvgIpc) is 2.91. The second-order valence-corrected chi connectivity index (χ2v) is 9.69. The Bertz CT molecular complexity index is 1250. The van der Waals surface area contributed by atoms with E-state index in [9.17, 15) is 0 Å². The maximum Gasteiger partial charge on any atom is 0.249 e. The molecule has 5 aromatic carbocycles. The third-order valence-corrected chi connectivity index (χ3v) is 7.60. The zero-order valence-electron chi connectivity index (χ0n) is 19.0. The molecule has 5 rings (SSSR count). The molecule has 0 aliphatic rings. The quantitative estimate of drug-likeness (QED) is 0.278. The lowest BCUT2D eigenvalue weighted by Gasteiger charge is -2.10. The highest BCUT2D eigenvalue weighted by Gasteiger charge is 2.28. The maximum atomic E-state index is 8.44. The van der Waals surface area contributed by atoms with Crippen molar-refractivity contribution < 1.29 is 15.0 Å². The Kier molecular flexibility index (Phi) is 8.00. The normalized spacial score (nSPS) is 10.3. The van der Waals surface area contributed by atoms with Crippen LogP contribution in [0.4, 0.5) is 4.79 Å². The highest BCUT2D eigenvalue weighted by atomic mass is 32.2. The van der Waals surface area contributed by atoms with Gasteiger partial charge in [-0.25, -0.2) is 0 Å². The molecule has 0 amide bonds. The Hall–Kier alpha value is -4.28. The molecule has 0 atom stereocenters. The SMILES string of the molecule is O=C([O-])O.c1ccc(-c2ccc([S+](c3ccccc3)c3ccc(-c4ccccc4)cc3)cc2)cc1. The van der Waals surface area contributed by atoms with Crippen molar-refractivity contribution in [2.45, 2.75) is 14.7 Å². The fourth-order valence-corrected chi connectivity index (χ4v) is 5.86. The molecule has 3 nitrogen and oxygen atoms in total.